The molecule has 1 saturated heterocycles. The van der Waals surface area contributed by atoms with Crippen LogP contribution in [0.1, 0.15) is 46.0 Å². The fraction of sp³-hybridized carbons (Fsp3) is 1.00. The molecule has 1 heterocycles. The monoisotopic (exact) mass is 171 g/mol. The molecule has 0 unspecified atom stereocenters. The van der Waals surface area contributed by atoms with Crippen LogP contribution in [-0.4, -0.2) is 24.3 Å². The molecule has 2 nitrogen and oxygen atoms in total. The molecule has 0 amide bonds. The fourth-order valence-corrected chi connectivity index (χ4v) is 1.85. The molecule has 72 valence electrons. The molecule has 1 rings (SSSR count). The molecular weight excluding hydrogens is 150 g/mol. The number of hydrogen-bond acceptors (Lipinski definition) is 2. The molecule has 0 spiro atoms. The van der Waals surface area contributed by atoms with Crippen molar-refractivity contribution in [1.29, 1.82) is 0 Å². The van der Waals surface area contributed by atoms with Crippen LogP contribution in [0.15, 0.2) is 0 Å². The van der Waals surface area contributed by atoms with Gasteiger partial charge in [-0.2, -0.15) is 5.06 Å². The van der Waals surface area contributed by atoms with Crippen molar-refractivity contribution in [3.8, 4) is 0 Å². The van der Waals surface area contributed by atoms with Gasteiger partial charge in [-0.1, -0.05) is 26.7 Å². The highest BCUT2D eigenvalue weighted by molar-refractivity contribution is 4.67. The van der Waals surface area contributed by atoms with Crippen LogP contribution in [0.4, 0.5) is 0 Å². The van der Waals surface area contributed by atoms with Crippen molar-refractivity contribution in [1.82, 2.24) is 5.06 Å². The van der Waals surface area contributed by atoms with Gasteiger partial charge in [-0.05, 0) is 19.3 Å². The smallest absolute Gasteiger partial charge is 0.0698 e. The first kappa shape index (κ1) is 10.0. The van der Waals surface area contributed by atoms with Crippen molar-refractivity contribution < 1.29 is 4.84 Å². The second-order valence-electron chi connectivity index (χ2n) is 3.56. The SMILES string of the molecule is CCCC(CCC)N1CCCO1. The molecule has 0 N–H and O–H groups in total. The van der Waals surface area contributed by atoms with Gasteiger partial charge >= 0.3 is 0 Å². The Kier molecular flexibility index (Phi) is 4.62. The normalized spacial score (nSPS) is 19.2. The van der Waals surface area contributed by atoms with Crippen LogP contribution in [0.5, 0.6) is 0 Å². The average Bonchev–Trinajstić information content (AvgIpc) is 2.56. The summed E-state index contributed by atoms with van der Waals surface area (Å²) >= 11 is 0. The quantitative estimate of drug-likeness (QED) is 0.630. The van der Waals surface area contributed by atoms with Crippen LogP contribution < -0.4 is 0 Å². The third-order valence-corrected chi connectivity index (χ3v) is 2.43. The lowest BCUT2D eigenvalue weighted by Crippen LogP contribution is -2.31. The van der Waals surface area contributed by atoms with E-state index in [1.54, 1.807) is 0 Å². The van der Waals surface area contributed by atoms with E-state index in [1.165, 1.54) is 32.1 Å². The van der Waals surface area contributed by atoms with Gasteiger partial charge in [0.1, 0.15) is 0 Å². The summed E-state index contributed by atoms with van der Waals surface area (Å²) in [6.07, 6.45) is 6.32. The molecule has 0 bridgehead atoms. The molecule has 0 aliphatic carbocycles. The summed E-state index contributed by atoms with van der Waals surface area (Å²) in [6, 6.07) is 0.683. The molecule has 0 atom stereocenters. The molecule has 0 aromatic carbocycles. The Morgan fingerprint density at radius 3 is 2.33 bits per heavy atom. The molecule has 1 aliphatic rings. The van der Waals surface area contributed by atoms with Gasteiger partial charge in [0.25, 0.3) is 0 Å². The largest absolute Gasteiger partial charge is 0.299 e. The van der Waals surface area contributed by atoms with Crippen LogP contribution >= 0.6 is 0 Å². The number of rotatable bonds is 5. The summed E-state index contributed by atoms with van der Waals surface area (Å²) in [5.74, 6) is 0. The Morgan fingerprint density at radius 1 is 1.25 bits per heavy atom. The zero-order valence-electron chi connectivity index (χ0n) is 8.38. The van der Waals surface area contributed by atoms with Gasteiger partial charge in [-0.25, -0.2) is 0 Å². The number of hydroxylamine groups is 2. The van der Waals surface area contributed by atoms with E-state index in [2.05, 4.69) is 18.9 Å². The van der Waals surface area contributed by atoms with Crippen molar-refractivity contribution in [2.75, 3.05) is 13.2 Å². The molecule has 0 saturated carbocycles. The highest BCUT2D eigenvalue weighted by Crippen LogP contribution is 2.17. The summed E-state index contributed by atoms with van der Waals surface area (Å²) in [5, 5.41) is 2.20. The van der Waals surface area contributed by atoms with E-state index in [0.717, 1.165) is 13.2 Å². The zero-order valence-corrected chi connectivity index (χ0v) is 8.38. The minimum Gasteiger partial charge on any atom is -0.299 e. The molecular formula is C10H21NO. The van der Waals surface area contributed by atoms with E-state index < -0.39 is 0 Å². The predicted molar refractivity (Wildman–Crippen MR) is 50.9 cm³/mol. The maximum absolute atomic E-state index is 5.55. The lowest BCUT2D eigenvalue weighted by Gasteiger charge is -2.25. The first-order chi connectivity index (χ1) is 5.88. The number of nitrogens with zero attached hydrogens (tertiary/aromatic N) is 1. The summed E-state index contributed by atoms with van der Waals surface area (Å²) < 4.78 is 0. The third kappa shape index (κ3) is 2.76. The number of hydrogen-bond donors (Lipinski definition) is 0. The van der Waals surface area contributed by atoms with E-state index in [4.69, 9.17) is 4.84 Å². The minimum absolute atomic E-state index is 0.683. The first-order valence-corrected chi connectivity index (χ1v) is 5.28. The topological polar surface area (TPSA) is 12.5 Å². The van der Waals surface area contributed by atoms with Gasteiger partial charge in [-0.15, -0.1) is 0 Å². The van der Waals surface area contributed by atoms with Crippen molar-refractivity contribution in [2.45, 2.75) is 52.0 Å². The lowest BCUT2D eigenvalue weighted by atomic mass is 10.1. The second-order valence-corrected chi connectivity index (χ2v) is 3.56. The lowest BCUT2D eigenvalue weighted by molar-refractivity contribution is -0.144. The van der Waals surface area contributed by atoms with Crippen LogP contribution in [0.25, 0.3) is 0 Å². The average molecular weight is 171 g/mol. The van der Waals surface area contributed by atoms with Crippen molar-refractivity contribution in [3.63, 3.8) is 0 Å². The van der Waals surface area contributed by atoms with E-state index in [0.29, 0.717) is 6.04 Å². The third-order valence-electron chi connectivity index (χ3n) is 2.43. The summed E-state index contributed by atoms with van der Waals surface area (Å²) in [6.45, 7) is 6.58. The molecule has 2 heteroatoms. The van der Waals surface area contributed by atoms with Gasteiger partial charge in [-0.3, -0.25) is 4.84 Å². The van der Waals surface area contributed by atoms with Gasteiger partial charge in [0.15, 0.2) is 0 Å². The summed E-state index contributed by atoms with van der Waals surface area (Å²) in [5.41, 5.74) is 0. The van der Waals surface area contributed by atoms with E-state index in [1.807, 2.05) is 0 Å². The van der Waals surface area contributed by atoms with Crippen LogP contribution in [-0.2, 0) is 4.84 Å². The van der Waals surface area contributed by atoms with Gasteiger partial charge in [0.2, 0.25) is 0 Å². The van der Waals surface area contributed by atoms with E-state index in [9.17, 15) is 0 Å². The molecule has 1 fully saturated rings. The van der Waals surface area contributed by atoms with Crippen LogP contribution in [0.3, 0.4) is 0 Å². The van der Waals surface area contributed by atoms with E-state index in [-0.39, 0.29) is 0 Å². The maximum Gasteiger partial charge on any atom is 0.0698 e. The predicted octanol–water partition coefficient (Wildman–Crippen LogP) is 2.59. The van der Waals surface area contributed by atoms with Crippen LogP contribution in [0.2, 0.25) is 0 Å². The summed E-state index contributed by atoms with van der Waals surface area (Å²) in [7, 11) is 0. The zero-order chi connectivity index (χ0) is 8.81. The Labute approximate surface area is 75.8 Å². The fourth-order valence-electron chi connectivity index (χ4n) is 1.85. The Morgan fingerprint density at radius 2 is 1.92 bits per heavy atom. The molecule has 12 heavy (non-hydrogen) atoms. The van der Waals surface area contributed by atoms with Crippen molar-refractivity contribution >= 4 is 0 Å². The Balaban J connectivity index is 2.29. The van der Waals surface area contributed by atoms with Crippen LogP contribution in [0, 0.1) is 0 Å². The maximum atomic E-state index is 5.55. The van der Waals surface area contributed by atoms with Gasteiger partial charge in [0.05, 0.1) is 6.61 Å². The standard InChI is InChI=1S/C10H21NO/c1-3-6-10(7-4-2)11-8-5-9-12-11/h10H,3-9H2,1-2H3. The second kappa shape index (κ2) is 5.55. The molecule has 1 aliphatic heterocycles. The summed E-state index contributed by atoms with van der Waals surface area (Å²) in [4.78, 5) is 5.55. The van der Waals surface area contributed by atoms with E-state index >= 15 is 0 Å². The van der Waals surface area contributed by atoms with Crippen molar-refractivity contribution in [2.24, 2.45) is 0 Å². The first-order valence-electron chi connectivity index (χ1n) is 5.28. The highest BCUT2D eigenvalue weighted by atomic mass is 16.7. The highest BCUT2D eigenvalue weighted by Gasteiger charge is 2.21. The van der Waals surface area contributed by atoms with Gasteiger partial charge < -0.3 is 0 Å². The van der Waals surface area contributed by atoms with Gasteiger partial charge in [0, 0.05) is 12.6 Å². The molecule has 0 aromatic heterocycles. The Bertz CT molecular complexity index is 104. The molecule has 0 aromatic rings. The van der Waals surface area contributed by atoms with Crippen molar-refractivity contribution in [3.05, 3.63) is 0 Å². The Hall–Kier alpha value is -0.0800. The molecule has 0 radical (unpaired) electrons. The minimum atomic E-state index is 0.683.